The number of rotatable bonds is 3. The molecule has 220 valence electrons. The van der Waals surface area contributed by atoms with Gasteiger partial charge in [-0.3, -0.25) is 0 Å². The molecule has 0 aliphatic carbocycles. The molecule has 10 rings (SSSR count). The molecule has 0 fully saturated rings. The Morgan fingerprint density at radius 3 is 2.02 bits per heavy atom. The third kappa shape index (κ3) is 4.14. The van der Waals surface area contributed by atoms with Crippen LogP contribution in [0.1, 0.15) is 11.3 Å². The second-order valence-electron chi connectivity index (χ2n) is 12.1. The third-order valence-electron chi connectivity index (χ3n) is 9.35. The molecular formula is C42H26N4O. The van der Waals surface area contributed by atoms with Crippen molar-refractivity contribution < 1.29 is 4.42 Å². The number of furan rings is 1. The third-order valence-corrected chi connectivity index (χ3v) is 9.35. The smallest absolute Gasteiger partial charge is 0.164 e. The molecule has 0 saturated heterocycles. The minimum atomic E-state index is 0.616. The van der Waals surface area contributed by atoms with Crippen molar-refractivity contribution in [2.24, 2.45) is 0 Å². The van der Waals surface area contributed by atoms with Crippen molar-refractivity contribution in [1.82, 2.24) is 20.3 Å². The first-order chi connectivity index (χ1) is 23.3. The summed E-state index contributed by atoms with van der Waals surface area (Å²) in [6, 6.07) is 44.8. The quantitative estimate of drug-likeness (QED) is 0.204. The molecule has 2 aromatic heterocycles. The minimum absolute atomic E-state index is 0.616. The predicted octanol–water partition coefficient (Wildman–Crippen LogP) is 10.3. The highest BCUT2D eigenvalue weighted by Gasteiger charge is 2.21. The lowest BCUT2D eigenvalue weighted by Gasteiger charge is -2.12. The van der Waals surface area contributed by atoms with Crippen LogP contribution < -0.4 is 5.32 Å². The number of aromatic nitrogens is 3. The number of nitrogens with one attached hydrogen (secondary N) is 1. The zero-order valence-corrected chi connectivity index (χ0v) is 25.2. The van der Waals surface area contributed by atoms with Crippen molar-refractivity contribution in [3.63, 3.8) is 0 Å². The van der Waals surface area contributed by atoms with E-state index in [-0.39, 0.29) is 0 Å². The van der Waals surface area contributed by atoms with Crippen molar-refractivity contribution >= 4 is 60.1 Å². The molecule has 0 radical (unpaired) electrons. The van der Waals surface area contributed by atoms with E-state index < -0.39 is 0 Å². The van der Waals surface area contributed by atoms with Crippen LogP contribution in [0.15, 0.2) is 138 Å². The highest BCUT2D eigenvalue weighted by atomic mass is 16.3. The fourth-order valence-corrected chi connectivity index (χ4v) is 7.07. The maximum absolute atomic E-state index is 6.26. The van der Waals surface area contributed by atoms with Gasteiger partial charge in [0.1, 0.15) is 11.3 Å². The van der Waals surface area contributed by atoms with Gasteiger partial charge in [0.2, 0.25) is 0 Å². The van der Waals surface area contributed by atoms with Crippen LogP contribution in [0.4, 0.5) is 0 Å². The van der Waals surface area contributed by atoms with E-state index in [9.17, 15) is 0 Å². The van der Waals surface area contributed by atoms with E-state index in [4.69, 9.17) is 19.4 Å². The molecule has 47 heavy (non-hydrogen) atoms. The van der Waals surface area contributed by atoms with Gasteiger partial charge in [-0.05, 0) is 67.4 Å². The monoisotopic (exact) mass is 602 g/mol. The lowest BCUT2D eigenvalue weighted by atomic mass is 9.95. The molecule has 3 heterocycles. The van der Waals surface area contributed by atoms with Crippen LogP contribution >= 0.6 is 0 Å². The normalized spacial score (nSPS) is 12.7. The van der Waals surface area contributed by atoms with Crippen molar-refractivity contribution in [3.05, 3.63) is 145 Å². The van der Waals surface area contributed by atoms with Gasteiger partial charge in [0.05, 0.1) is 0 Å². The zero-order valence-electron chi connectivity index (χ0n) is 25.2. The first-order valence-corrected chi connectivity index (χ1v) is 15.8. The predicted molar refractivity (Wildman–Crippen MR) is 192 cm³/mol. The number of nitrogens with zero attached hydrogens (tertiary/aromatic N) is 3. The van der Waals surface area contributed by atoms with Crippen LogP contribution in [0.3, 0.4) is 0 Å². The van der Waals surface area contributed by atoms with E-state index in [1.54, 1.807) is 0 Å². The summed E-state index contributed by atoms with van der Waals surface area (Å²) in [5.41, 5.74) is 4.73. The molecule has 0 unspecified atom stereocenters. The lowest BCUT2D eigenvalue weighted by molar-refractivity contribution is 0.592. The summed E-state index contributed by atoms with van der Waals surface area (Å²) >= 11 is 0. The molecule has 5 heteroatoms. The Morgan fingerprint density at radius 1 is 0.511 bits per heavy atom. The van der Waals surface area contributed by atoms with E-state index in [1.807, 2.05) is 24.4 Å². The van der Waals surface area contributed by atoms with E-state index in [0.717, 1.165) is 44.4 Å². The summed E-state index contributed by atoms with van der Waals surface area (Å²) in [5, 5.41) is 13.9. The summed E-state index contributed by atoms with van der Waals surface area (Å²) in [6.07, 6.45) is 3.90. The highest BCUT2D eigenvalue weighted by Crippen LogP contribution is 2.38. The fraction of sp³-hybridized carbons (Fsp3) is 0.0238. The van der Waals surface area contributed by atoms with Gasteiger partial charge in [-0.25, -0.2) is 15.0 Å². The van der Waals surface area contributed by atoms with Gasteiger partial charge in [-0.2, -0.15) is 0 Å². The van der Waals surface area contributed by atoms with Gasteiger partial charge in [-0.15, -0.1) is 0 Å². The van der Waals surface area contributed by atoms with Crippen molar-refractivity contribution in [2.75, 3.05) is 0 Å². The van der Waals surface area contributed by atoms with Crippen LogP contribution in [0.25, 0.3) is 94.3 Å². The van der Waals surface area contributed by atoms with Gasteiger partial charge in [-0.1, -0.05) is 109 Å². The fourth-order valence-electron chi connectivity index (χ4n) is 7.07. The molecule has 7 aromatic carbocycles. The van der Waals surface area contributed by atoms with Crippen molar-refractivity contribution in [3.8, 4) is 34.2 Å². The van der Waals surface area contributed by atoms with E-state index in [0.29, 0.717) is 24.0 Å². The Labute approximate surface area is 269 Å². The number of fused-ring (bicyclic) bond motifs is 9. The molecule has 5 nitrogen and oxygen atoms in total. The van der Waals surface area contributed by atoms with Gasteiger partial charge >= 0.3 is 0 Å². The minimum Gasteiger partial charge on any atom is -0.456 e. The van der Waals surface area contributed by atoms with E-state index >= 15 is 0 Å². The largest absolute Gasteiger partial charge is 0.456 e. The second kappa shape index (κ2) is 10.1. The molecule has 0 spiro atoms. The summed E-state index contributed by atoms with van der Waals surface area (Å²) in [6.45, 7) is 0.678. The summed E-state index contributed by atoms with van der Waals surface area (Å²) in [4.78, 5) is 15.5. The zero-order chi connectivity index (χ0) is 30.9. The van der Waals surface area contributed by atoms with Gasteiger partial charge in [0.25, 0.3) is 0 Å². The summed E-state index contributed by atoms with van der Waals surface area (Å²) < 4.78 is 6.26. The molecule has 0 bridgehead atoms. The average Bonchev–Trinajstić information content (AvgIpc) is 3.53. The Kier molecular flexibility index (Phi) is 5.57. The standard InChI is InChI=1S/C42H26N4O/c1-2-8-29-22-30(18-12-25(29)6-1)40-44-41(46-42(45-40)33-10-5-11-37-39(33)35-24-43-21-20-36(35)47-37)31-19-15-27-14-17-28-16-13-26-7-3-4-9-32(26)38(28)34(27)23-31/h1-23,43H,24H2. The molecule has 1 aliphatic rings. The summed E-state index contributed by atoms with van der Waals surface area (Å²) in [7, 11) is 0. The van der Waals surface area contributed by atoms with Crippen LogP contribution in [-0.4, -0.2) is 15.0 Å². The molecular weight excluding hydrogens is 576 g/mol. The first-order valence-electron chi connectivity index (χ1n) is 15.8. The topological polar surface area (TPSA) is 63.8 Å². The molecule has 1 N–H and O–H groups in total. The lowest BCUT2D eigenvalue weighted by Crippen LogP contribution is -2.09. The van der Waals surface area contributed by atoms with Gasteiger partial charge in [0, 0.05) is 40.4 Å². The van der Waals surface area contributed by atoms with Crippen molar-refractivity contribution in [1.29, 1.82) is 0 Å². The Bertz CT molecular complexity index is 2750. The second-order valence-corrected chi connectivity index (χ2v) is 12.1. The van der Waals surface area contributed by atoms with Crippen LogP contribution in [0.2, 0.25) is 0 Å². The SMILES string of the molecule is C1=Cc2oc3cccc(-c4nc(-c5ccc6ccccc6c5)nc(-c5ccc6ccc7ccc8ccccc8c7c6c5)n4)c3c2CN1. The molecule has 0 saturated carbocycles. The Balaban J connectivity index is 1.24. The first kappa shape index (κ1) is 25.9. The molecule has 1 aliphatic heterocycles. The van der Waals surface area contributed by atoms with Crippen molar-refractivity contribution in [2.45, 2.75) is 6.54 Å². The van der Waals surface area contributed by atoms with Crippen LogP contribution in [0.5, 0.6) is 0 Å². The van der Waals surface area contributed by atoms with E-state index in [1.165, 1.54) is 37.7 Å². The summed E-state index contributed by atoms with van der Waals surface area (Å²) in [5.74, 6) is 2.74. The maximum Gasteiger partial charge on any atom is 0.164 e. The highest BCUT2D eigenvalue weighted by molar-refractivity contribution is 6.20. The Morgan fingerprint density at radius 2 is 1.17 bits per heavy atom. The Hall–Kier alpha value is -6.33. The number of hydrogen-bond acceptors (Lipinski definition) is 5. The molecule has 9 aromatic rings. The molecule has 0 amide bonds. The van der Waals surface area contributed by atoms with Crippen LogP contribution in [0, 0.1) is 0 Å². The van der Waals surface area contributed by atoms with Gasteiger partial charge in [0.15, 0.2) is 17.5 Å². The van der Waals surface area contributed by atoms with Crippen LogP contribution in [-0.2, 0) is 6.54 Å². The molecule has 0 atom stereocenters. The maximum atomic E-state index is 6.26. The number of benzene rings is 7. The van der Waals surface area contributed by atoms with Gasteiger partial charge < -0.3 is 9.73 Å². The number of hydrogen-bond donors (Lipinski definition) is 1. The van der Waals surface area contributed by atoms with E-state index in [2.05, 4.69) is 121 Å². The average molecular weight is 603 g/mol.